The number of aliphatic carboxylic acids is 1. The minimum absolute atomic E-state index is 0.0298. The quantitative estimate of drug-likeness (QED) is 0.0350. The zero-order valence-electron chi connectivity index (χ0n) is 88.9. The molecule has 28 aliphatic rings. The van der Waals surface area contributed by atoms with E-state index in [0.29, 0.717) is 134 Å². The van der Waals surface area contributed by atoms with Gasteiger partial charge in [0.1, 0.15) is 68.7 Å². The molecule has 0 aromatic carbocycles. The highest BCUT2D eigenvalue weighted by Gasteiger charge is 2.65. The van der Waals surface area contributed by atoms with E-state index in [9.17, 15) is 29.4 Å². The highest BCUT2D eigenvalue weighted by Crippen LogP contribution is 2.68. The van der Waals surface area contributed by atoms with Gasteiger partial charge >= 0.3 is 23.9 Å². The van der Waals surface area contributed by atoms with E-state index in [1.807, 2.05) is 0 Å². The van der Waals surface area contributed by atoms with Gasteiger partial charge in [-0.25, -0.2) is 0 Å². The van der Waals surface area contributed by atoms with Crippen molar-refractivity contribution in [1.29, 1.82) is 0 Å². The first-order valence-corrected chi connectivity index (χ1v) is 58.5. The van der Waals surface area contributed by atoms with Gasteiger partial charge in [-0.15, -0.1) is 0 Å². The van der Waals surface area contributed by atoms with Crippen molar-refractivity contribution in [3.63, 3.8) is 0 Å². The zero-order chi connectivity index (χ0) is 98.1. The second kappa shape index (κ2) is 44.1. The first-order valence-electron chi connectivity index (χ1n) is 58.5. The molecule has 10 saturated heterocycles. The minimum atomic E-state index is -0.851. The molecule has 18 saturated carbocycles. The first-order chi connectivity index (χ1) is 68.0. The van der Waals surface area contributed by atoms with Gasteiger partial charge in [0.2, 0.25) is 0 Å². The van der Waals surface area contributed by atoms with Gasteiger partial charge in [0, 0.05) is 13.2 Å². The Morgan fingerprint density at radius 2 is 0.652 bits per heavy atom. The lowest BCUT2D eigenvalue weighted by atomic mass is 9.67. The molecule has 2 N–H and O–H groups in total. The summed E-state index contributed by atoms with van der Waals surface area (Å²) in [6.07, 6.45) is 27.4. The third kappa shape index (κ3) is 23.0. The average molecular weight is 1980 g/mol. The average Bonchev–Trinajstić information content (AvgIpc) is 1.56. The molecule has 0 spiro atoms. The number of aliphatic hydroxyl groups excluding tert-OH is 1. The molecule has 10 aliphatic heterocycles. The maximum absolute atomic E-state index is 12.3. The Hall–Kier alpha value is -2.76. The first kappa shape index (κ1) is 104. The second-order valence-corrected chi connectivity index (χ2v) is 53.1. The SMILES string of the molecule is CC1C(C)C2CC1C(C(=O)O)C2C(=O)OCC1CO1.CC1C(C)C2CC1C(CO)C2C(=O)OCC1CO1.CC1C(C)C2CC1C(COCC1CO1)C2COCC1CO1.CC1C(C)C2CC1C1CCC(C(=O)OCC3CO3)C21.CC1C2CC(C(COCC3CO3)OCC3CO3)C(C2)C1C.CC1C2CC(C3CCC4OC4C3)C(C2)C1C.CC1C2CC(C3CO3)C(C2)C1C.CC1C2CC(COCC3CO3)C(C2)C1C. The zero-order valence-corrected chi connectivity index (χ0v) is 88.9. The minimum Gasteiger partial charge on any atom is -0.481 e. The molecule has 28 rings (SSSR count). The molecule has 16 bridgehead atoms. The van der Waals surface area contributed by atoms with E-state index in [1.165, 1.54) is 77.0 Å². The van der Waals surface area contributed by atoms with Crippen molar-refractivity contribution in [3.8, 4) is 0 Å². The summed E-state index contributed by atoms with van der Waals surface area (Å²) in [6, 6.07) is 0. The number of hydrogen-bond donors (Lipinski definition) is 2. The maximum Gasteiger partial charge on any atom is 0.310 e. The summed E-state index contributed by atoms with van der Waals surface area (Å²) in [5, 5.41) is 19.0. The van der Waals surface area contributed by atoms with Gasteiger partial charge in [-0.3, -0.25) is 19.2 Å². The highest BCUT2D eigenvalue weighted by molar-refractivity contribution is 5.83. The van der Waals surface area contributed by atoms with Crippen molar-refractivity contribution in [3.05, 3.63) is 0 Å². The van der Waals surface area contributed by atoms with E-state index in [4.69, 9.17) is 85.3 Å². The summed E-state index contributed by atoms with van der Waals surface area (Å²) < 4.78 is 98.2. The fourth-order valence-corrected chi connectivity index (χ4v) is 36.0. The number of ether oxygens (including phenoxy) is 18. The van der Waals surface area contributed by atoms with Gasteiger partial charge in [0.25, 0.3) is 0 Å². The van der Waals surface area contributed by atoms with Crippen molar-refractivity contribution in [1.82, 2.24) is 0 Å². The van der Waals surface area contributed by atoms with Crippen LogP contribution in [0.3, 0.4) is 0 Å². The predicted molar refractivity (Wildman–Crippen MR) is 527 cm³/mol. The van der Waals surface area contributed by atoms with Crippen LogP contribution in [0.15, 0.2) is 0 Å². The van der Waals surface area contributed by atoms with Gasteiger partial charge in [-0.2, -0.15) is 0 Å². The Labute approximate surface area is 844 Å². The Morgan fingerprint density at radius 3 is 1.13 bits per heavy atom. The molecule has 28 fully saturated rings. The van der Waals surface area contributed by atoms with Crippen molar-refractivity contribution in [2.75, 3.05) is 145 Å². The Kier molecular flexibility index (Phi) is 32.5. The number of carbonyl (C=O) groups is 4. The molecular formula is C117H186O24. The molecule has 24 nitrogen and oxygen atoms in total. The van der Waals surface area contributed by atoms with E-state index in [1.54, 1.807) is 12.8 Å². The molecule has 58 unspecified atom stereocenters. The standard InChI is InChI=1S/2C17H28O4.C16H24O3.C15H24O.C14H20O5.C14H22O4.C13H22O2.C11H18O/c1-10-11(2)15-3-14(10)16(8-18-4-12-6-20-12)17(15)9-19-5-13-7-21-13;1-10-11(2)15-3-12(10)4-16(15)17(21-8-14-7-20-14)9-18-5-13-6-19-13;1-8-9(2)14-5-13(8)11-3-4-12(15(11)14)16(17)19-7-10-6-18-10;1-8-9(2)12-5-11(8)6-13(12)10-3-4-14-15(7-10)16-14;1-6-7(2)10-3-9(6)11(13(15)16)12(10)14(17)19-5-8-4-18-8;1-7-8(2)11-3-10(7)12(4-15)13(11)14(16)18-6-9-5-17-9;1-8-9(2)13-4-10(8)3-11(13)5-14-6-12-7-15-12;1-6-7(2)9-3-8(6)4-10(9)11-5-12-11/h2*10-17H,3-9H2,1-2H3;8-15H,3-7H2,1-2H3;8-15H,3-7H2,1-2H3;6-12H,3-5H2,1-2H3,(H,15,16);7-13,15H,3-6H2,1-2H3;8-13H,3-7H2,1-2H3;6-11H,3-5H2,1-2H3. The Morgan fingerprint density at radius 1 is 0.277 bits per heavy atom. The van der Waals surface area contributed by atoms with E-state index in [2.05, 4.69) is 111 Å². The molecule has 0 amide bonds. The summed E-state index contributed by atoms with van der Waals surface area (Å²) in [6.45, 7) is 54.2. The van der Waals surface area contributed by atoms with Crippen LogP contribution in [0.25, 0.3) is 0 Å². The largest absolute Gasteiger partial charge is 0.481 e. The Balaban J connectivity index is 0.0000000959. The number of aliphatic hydroxyl groups is 1. The summed E-state index contributed by atoms with van der Waals surface area (Å²) in [7, 11) is 0. The number of carboxylic acid groups (broad SMARTS) is 1. The third-order valence-corrected chi connectivity index (χ3v) is 46.7. The summed E-state index contributed by atoms with van der Waals surface area (Å²) in [4.78, 5) is 48.2. The van der Waals surface area contributed by atoms with Crippen molar-refractivity contribution in [2.45, 2.75) is 293 Å². The number of carboxylic acids is 1. The van der Waals surface area contributed by atoms with Gasteiger partial charge < -0.3 is 95.5 Å². The molecule has 0 aromatic rings. The lowest BCUT2D eigenvalue weighted by molar-refractivity contribution is -0.162. The summed E-state index contributed by atoms with van der Waals surface area (Å²) >= 11 is 0. The molecule has 58 atom stereocenters. The third-order valence-electron chi connectivity index (χ3n) is 46.7. The van der Waals surface area contributed by atoms with E-state index >= 15 is 0 Å². The summed E-state index contributed by atoms with van der Waals surface area (Å²) in [5.74, 6) is 30.5. The van der Waals surface area contributed by atoms with Gasteiger partial charge in [-0.05, 0) is 358 Å². The number of carbonyl (C=O) groups excluding carboxylic acids is 3. The lowest BCUT2D eigenvalue weighted by Gasteiger charge is -2.38. The smallest absolute Gasteiger partial charge is 0.310 e. The van der Waals surface area contributed by atoms with E-state index in [0.717, 1.165) is 297 Å². The fraction of sp³-hybridized carbons (Fsp3) is 0.966. The van der Waals surface area contributed by atoms with Gasteiger partial charge in [0.15, 0.2) is 0 Å². The van der Waals surface area contributed by atoms with Crippen LogP contribution in [0.5, 0.6) is 0 Å². The number of fused-ring (bicyclic) bond motifs is 20. The highest BCUT2D eigenvalue weighted by atomic mass is 16.6. The maximum atomic E-state index is 12.3. The van der Waals surface area contributed by atoms with Crippen LogP contribution in [0.4, 0.5) is 0 Å². The Bertz CT molecular complexity index is 4070. The lowest BCUT2D eigenvalue weighted by Crippen LogP contribution is -2.41. The van der Waals surface area contributed by atoms with E-state index < -0.39 is 17.8 Å². The number of esters is 3. The second-order valence-electron chi connectivity index (χ2n) is 53.1. The number of rotatable bonds is 33. The van der Waals surface area contributed by atoms with Crippen LogP contribution in [0.1, 0.15) is 220 Å². The van der Waals surface area contributed by atoms with Crippen LogP contribution in [0.2, 0.25) is 0 Å². The van der Waals surface area contributed by atoms with Crippen molar-refractivity contribution >= 4 is 23.9 Å². The fourth-order valence-electron chi connectivity index (χ4n) is 36.0. The topological polar surface area (TPSA) is 308 Å². The van der Waals surface area contributed by atoms with Crippen LogP contribution >= 0.6 is 0 Å². The van der Waals surface area contributed by atoms with Crippen molar-refractivity contribution in [2.24, 2.45) is 272 Å². The van der Waals surface area contributed by atoms with Crippen LogP contribution in [0, 0.1) is 272 Å². The predicted octanol–water partition coefficient (Wildman–Crippen LogP) is 16.9. The number of hydrogen-bond acceptors (Lipinski definition) is 23. The van der Waals surface area contributed by atoms with Crippen LogP contribution in [-0.4, -0.2) is 253 Å². The van der Waals surface area contributed by atoms with Gasteiger partial charge in [-0.1, -0.05) is 111 Å². The monoisotopic (exact) mass is 1980 g/mol. The van der Waals surface area contributed by atoms with Crippen LogP contribution in [-0.2, 0) is 104 Å². The molecule has 0 radical (unpaired) electrons. The molecule has 798 valence electrons. The molecule has 141 heavy (non-hydrogen) atoms. The molecule has 24 heteroatoms. The van der Waals surface area contributed by atoms with Crippen LogP contribution < -0.4 is 0 Å². The van der Waals surface area contributed by atoms with E-state index in [-0.39, 0.29) is 85.1 Å². The normalized spacial score (nSPS) is 52.8. The molecule has 10 heterocycles. The molecule has 0 aromatic heterocycles. The number of epoxide rings is 10. The van der Waals surface area contributed by atoms with Gasteiger partial charge in [0.05, 0.1) is 160 Å². The molecular weight excluding hydrogens is 1790 g/mol. The van der Waals surface area contributed by atoms with Crippen molar-refractivity contribution < 1.29 is 115 Å². The molecule has 18 aliphatic carbocycles. The summed E-state index contributed by atoms with van der Waals surface area (Å²) in [5.41, 5.74) is 0.